The summed E-state index contributed by atoms with van der Waals surface area (Å²) in [4.78, 5) is 0. The molecule has 1 aromatic heterocycles. The number of benzene rings is 1. The first-order valence-corrected chi connectivity index (χ1v) is 7.39. The minimum Gasteiger partial charge on any atom is -0.385 e. The van der Waals surface area contributed by atoms with Crippen LogP contribution in [0.4, 0.5) is 0 Å². The summed E-state index contributed by atoms with van der Waals surface area (Å²) in [6, 6.07) is 3.78. The summed E-state index contributed by atoms with van der Waals surface area (Å²) in [5, 5.41) is 19.8. The Kier molecular flexibility index (Phi) is 2.45. The molecule has 2 aliphatic carbocycles. The van der Waals surface area contributed by atoms with Gasteiger partial charge in [0.05, 0.1) is 17.3 Å². The van der Waals surface area contributed by atoms with Gasteiger partial charge in [-0.25, -0.2) is 0 Å². The molecule has 2 saturated carbocycles. The highest BCUT2D eigenvalue weighted by atomic mass is 35.5. The number of fused-ring (bicyclic) bond motifs is 2. The zero-order valence-electron chi connectivity index (χ0n) is 10.7. The second-order valence-corrected chi connectivity index (χ2v) is 6.61. The van der Waals surface area contributed by atoms with E-state index < -0.39 is 5.60 Å². The van der Waals surface area contributed by atoms with Gasteiger partial charge in [-0.3, -0.25) is 5.10 Å². The van der Waals surface area contributed by atoms with Crippen LogP contribution >= 0.6 is 11.6 Å². The zero-order valence-corrected chi connectivity index (χ0v) is 11.5. The summed E-state index contributed by atoms with van der Waals surface area (Å²) in [6.45, 7) is 0. The van der Waals surface area contributed by atoms with Gasteiger partial charge in [0.1, 0.15) is 0 Å². The largest absolute Gasteiger partial charge is 0.385 e. The Bertz CT molecular complexity index is 624. The van der Waals surface area contributed by atoms with Crippen LogP contribution in [-0.2, 0) is 5.60 Å². The minimum absolute atomic E-state index is 0.664. The van der Waals surface area contributed by atoms with Crippen molar-refractivity contribution < 1.29 is 5.11 Å². The molecule has 0 saturated heterocycles. The molecule has 3 atom stereocenters. The number of aliphatic hydroxyl groups is 1. The second-order valence-electron chi connectivity index (χ2n) is 6.18. The van der Waals surface area contributed by atoms with E-state index in [9.17, 15) is 5.11 Å². The number of aromatic amines is 1. The molecule has 0 amide bonds. The molecule has 2 fully saturated rings. The average molecular weight is 277 g/mol. The highest BCUT2D eigenvalue weighted by Gasteiger charge is 2.47. The normalized spacial score (nSPS) is 34.0. The molecule has 4 rings (SSSR count). The molecule has 1 heterocycles. The molecule has 2 N–H and O–H groups in total. The average Bonchev–Trinajstić information content (AvgIpc) is 3.01. The number of nitrogens with one attached hydrogen (secondary N) is 1. The van der Waals surface area contributed by atoms with Crippen molar-refractivity contribution in [3.63, 3.8) is 0 Å². The summed E-state index contributed by atoms with van der Waals surface area (Å²) in [6.07, 6.45) is 7.40. The Morgan fingerprint density at radius 3 is 2.74 bits per heavy atom. The van der Waals surface area contributed by atoms with Crippen LogP contribution in [-0.4, -0.2) is 15.3 Å². The third kappa shape index (κ3) is 1.72. The maximum Gasteiger partial charge on any atom is 0.0909 e. The van der Waals surface area contributed by atoms with Crippen molar-refractivity contribution >= 4 is 22.5 Å². The summed E-state index contributed by atoms with van der Waals surface area (Å²) < 4.78 is 0. The van der Waals surface area contributed by atoms with Crippen molar-refractivity contribution in [2.24, 2.45) is 11.8 Å². The number of aromatic nitrogens is 2. The van der Waals surface area contributed by atoms with Crippen molar-refractivity contribution in [3.05, 3.63) is 28.9 Å². The summed E-state index contributed by atoms with van der Waals surface area (Å²) in [5.41, 5.74) is 1.15. The van der Waals surface area contributed by atoms with E-state index >= 15 is 0 Å². The Balaban J connectivity index is 1.83. The van der Waals surface area contributed by atoms with Crippen molar-refractivity contribution in [2.75, 3.05) is 0 Å². The Labute approximate surface area is 117 Å². The van der Waals surface area contributed by atoms with E-state index in [1.807, 2.05) is 12.1 Å². The molecule has 0 radical (unpaired) electrons. The van der Waals surface area contributed by atoms with Crippen LogP contribution in [0.25, 0.3) is 10.9 Å². The molecule has 3 nitrogen and oxygen atoms in total. The van der Waals surface area contributed by atoms with Crippen LogP contribution in [0.2, 0.25) is 5.02 Å². The lowest BCUT2D eigenvalue weighted by Crippen LogP contribution is -2.22. The molecule has 2 aliphatic rings. The van der Waals surface area contributed by atoms with E-state index in [0.29, 0.717) is 16.9 Å². The number of H-pyrrole nitrogens is 1. The van der Waals surface area contributed by atoms with Crippen LogP contribution in [0.3, 0.4) is 0 Å². The third-order valence-corrected chi connectivity index (χ3v) is 5.26. The number of nitrogens with zero attached hydrogens (tertiary/aromatic N) is 1. The van der Waals surface area contributed by atoms with Crippen LogP contribution in [0.15, 0.2) is 18.3 Å². The van der Waals surface area contributed by atoms with Crippen molar-refractivity contribution in [2.45, 2.75) is 37.7 Å². The highest BCUT2D eigenvalue weighted by molar-refractivity contribution is 6.31. The maximum atomic E-state index is 11.1. The van der Waals surface area contributed by atoms with E-state index in [1.165, 1.54) is 19.3 Å². The van der Waals surface area contributed by atoms with E-state index in [0.717, 1.165) is 29.3 Å². The Hall–Kier alpha value is -1.06. The van der Waals surface area contributed by atoms with Gasteiger partial charge in [-0.2, -0.15) is 5.10 Å². The predicted molar refractivity (Wildman–Crippen MR) is 75.1 cm³/mol. The SMILES string of the molecule is O[C@]1(c2cc(Cl)cc3[nH]ncc23)C[C@H]2CCC[C@H]2C1. The van der Waals surface area contributed by atoms with Crippen molar-refractivity contribution in [1.82, 2.24) is 10.2 Å². The minimum atomic E-state index is -0.719. The quantitative estimate of drug-likeness (QED) is 0.836. The van der Waals surface area contributed by atoms with Crippen LogP contribution in [0.1, 0.15) is 37.7 Å². The first-order chi connectivity index (χ1) is 9.16. The van der Waals surface area contributed by atoms with Crippen molar-refractivity contribution in [1.29, 1.82) is 0 Å². The molecule has 2 aromatic rings. The van der Waals surface area contributed by atoms with Gasteiger partial charge in [0.25, 0.3) is 0 Å². The van der Waals surface area contributed by atoms with Gasteiger partial charge >= 0.3 is 0 Å². The van der Waals surface area contributed by atoms with Gasteiger partial charge in [-0.1, -0.05) is 30.9 Å². The fraction of sp³-hybridized carbons (Fsp3) is 0.533. The molecule has 4 heteroatoms. The Morgan fingerprint density at radius 2 is 2.00 bits per heavy atom. The molecule has 19 heavy (non-hydrogen) atoms. The number of rotatable bonds is 1. The number of hydrogen-bond donors (Lipinski definition) is 2. The molecule has 1 aromatic carbocycles. The van der Waals surface area contributed by atoms with Crippen molar-refractivity contribution in [3.8, 4) is 0 Å². The van der Waals surface area contributed by atoms with Gasteiger partial charge in [-0.15, -0.1) is 0 Å². The molecule has 0 bridgehead atoms. The van der Waals surface area contributed by atoms with E-state index in [4.69, 9.17) is 11.6 Å². The first kappa shape index (κ1) is 11.7. The zero-order chi connectivity index (χ0) is 13.0. The lowest BCUT2D eigenvalue weighted by Gasteiger charge is -2.25. The third-order valence-electron chi connectivity index (χ3n) is 5.04. The second kappa shape index (κ2) is 3.97. The number of hydrogen-bond acceptors (Lipinski definition) is 2. The lowest BCUT2D eigenvalue weighted by molar-refractivity contribution is 0.0366. The standard InChI is InChI=1S/C15H17ClN2O/c16-11-4-13(12-8-17-18-14(12)5-11)15(19)6-9-2-1-3-10(9)7-15/h4-5,8-10,19H,1-3,6-7H2,(H,17,18)/t9-,10+,15-. The van der Waals surface area contributed by atoms with E-state index in [-0.39, 0.29) is 0 Å². The van der Waals surface area contributed by atoms with Gasteiger partial charge in [0.15, 0.2) is 0 Å². The Morgan fingerprint density at radius 1 is 1.26 bits per heavy atom. The molecule has 0 unspecified atom stereocenters. The molecule has 0 aliphatic heterocycles. The van der Waals surface area contributed by atoms with Gasteiger partial charge in [0, 0.05) is 10.4 Å². The van der Waals surface area contributed by atoms with Gasteiger partial charge < -0.3 is 5.11 Å². The molecular formula is C15H17ClN2O. The monoisotopic (exact) mass is 276 g/mol. The molecule has 100 valence electrons. The van der Waals surface area contributed by atoms with Gasteiger partial charge in [0.2, 0.25) is 0 Å². The lowest BCUT2D eigenvalue weighted by atomic mass is 9.87. The van der Waals surface area contributed by atoms with E-state index in [1.54, 1.807) is 6.20 Å². The van der Waals surface area contributed by atoms with E-state index in [2.05, 4.69) is 10.2 Å². The van der Waals surface area contributed by atoms with Gasteiger partial charge in [-0.05, 0) is 42.4 Å². The fourth-order valence-corrected chi connectivity index (χ4v) is 4.44. The topological polar surface area (TPSA) is 48.9 Å². The maximum absolute atomic E-state index is 11.1. The summed E-state index contributed by atoms with van der Waals surface area (Å²) in [7, 11) is 0. The summed E-state index contributed by atoms with van der Waals surface area (Å²) >= 11 is 6.18. The smallest absolute Gasteiger partial charge is 0.0909 e. The molecular weight excluding hydrogens is 260 g/mol. The highest BCUT2D eigenvalue weighted by Crippen LogP contribution is 2.53. The predicted octanol–water partition coefficient (Wildman–Crippen LogP) is 3.61. The molecule has 0 spiro atoms. The number of halogens is 1. The fourth-order valence-electron chi connectivity index (χ4n) is 4.22. The van der Waals surface area contributed by atoms with Crippen LogP contribution in [0.5, 0.6) is 0 Å². The first-order valence-electron chi connectivity index (χ1n) is 7.01. The van der Waals surface area contributed by atoms with Crippen LogP contribution in [0, 0.1) is 11.8 Å². The van der Waals surface area contributed by atoms with Crippen LogP contribution < -0.4 is 0 Å². The summed E-state index contributed by atoms with van der Waals surface area (Å²) in [5.74, 6) is 1.37.